The Morgan fingerprint density at radius 3 is 2.65 bits per heavy atom. The highest BCUT2D eigenvalue weighted by molar-refractivity contribution is 7.90. The molecule has 1 aliphatic rings. The van der Waals surface area contributed by atoms with Crippen molar-refractivity contribution in [2.24, 2.45) is 4.99 Å². The Morgan fingerprint density at radius 1 is 1.13 bits per heavy atom. The lowest BCUT2D eigenvalue weighted by Crippen LogP contribution is -2.29. The third kappa shape index (κ3) is 4.51. The largest absolute Gasteiger partial charge is 0.346 e. The molecule has 0 spiro atoms. The molecule has 31 heavy (non-hydrogen) atoms. The van der Waals surface area contributed by atoms with Crippen LogP contribution < -0.4 is 10.0 Å². The molecule has 2 heterocycles. The number of hydrogen-bond donors (Lipinski definition) is 3. The smallest absolute Gasteiger partial charge is 0.263 e. The number of carbonyl (C=O) groups is 1. The summed E-state index contributed by atoms with van der Waals surface area (Å²) in [6.45, 7) is 2.14. The van der Waals surface area contributed by atoms with Gasteiger partial charge in [-0.05, 0) is 24.1 Å². The van der Waals surface area contributed by atoms with Gasteiger partial charge in [0.25, 0.3) is 10.0 Å². The second-order valence-corrected chi connectivity index (χ2v) is 8.81. The third-order valence-electron chi connectivity index (χ3n) is 5.03. The van der Waals surface area contributed by atoms with Crippen molar-refractivity contribution in [1.82, 2.24) is 20.0 Å². The summed E-state index contributed by atoms with van der Waals surface area (Å²) in [6.07, 6.45) is 2.57. The van der Waals surface area contributed by atoms with Crippen LogP contribution in [0.4, 0.5) is 0 Å². The van der Waals surface area contributed by atoms with Crippen LogP contribution in [0.5, 0.6) is 0 Å². The van der Waals surface area contributed by atoms with Crippen molar-refractivity contribution in [3.05, 3.63) is 72.2 Å². The molecule has 2 aromatic carbocycles. The van der Waals surface area contributed by atoms with Crippen LogP contribution in [-0.4, -0.2) is 36.7 Å². The number of amidine groups is 1. The number of nitrogens with one attached hydrogen (secondary N) is 3. The van der Waals surface area contributed by atoms with Crippen LogP contribution in [0.2, 0.25) is 0 Å². The molecule has 1 atom stereocenters. The lowest BCUT2D eigenvalue weighted by molar-refractivity contribution is -0.121. The van der Waals surface area contributed by atoms with E-state index in [0.29, 0.717) is 17.8 Å². The number of nitrogens with zero attached hydrogens (tertiary/aromatic N) is 2. The summed E-state index contributed by atoms with van der Waals surface area (Å²) in [4.78, 5) is 24.6. The van der Waals surface area contributed by atoms with Crippen LogP contribution in [-0.2, 0) is 14.8 Å². The second-order valence-electron chi connectivity index (χ2n) is 7.16. The molecule has 0 saturated heterocycles. The maximum atomic E-state index is 12.4. The molecule has 4 rings (SSSR count). The summed E-state index contributed by atoms with van der Waals surface area (Å²) in [6, 6.07) is 16.2. The zero-order valence-corrected chi connectivity index (χ0v) is 17.8. The molecular weight excluding hydrogens is 414 g/mol. The summed E-state index contributed by atoms with van der Waals surface area (Å²) < 4.78 is 26.7. The van der Waals surface area contributed by atoms with Crippen LogP contribution in [0.15, 0.2) is 70.7 Å². The van der Waals surface area contributed by atoms with Crippen molar-refractivity contribution < 1.29 is 13.2 Å². The Kier molecular flexibility index (Phi) is 5.85. The fraction of sp³-hybridized carbons (Fsp3) is 0.227. The highest BCUT2D eigenvalue weighted by atomic mass is 32.2. The van der Waals surface area contributed by atoms with Gasteiger partial charge in [0.1, 0.15) is 11.7 Å². The molecule has 3 N–H and O–H groups in total. The number of amides is 1. The lowest BCUT2D eigenvalue weighted by Gasteiger charge is -2.14. The Labute approximate surface area is 180 Å². The van der Waals surface area contributed by atoms with Crippen molar-refractivity contribution >= 4 is 21.8 Å². The first-order valence-corrected chi connectivity index (χ1v) is 11.5. The predicted molar refractivity (Wildman–Crippen MR) is 118 cm³/mol. The number of benzene rings is 2. The Morgan fingerprint density at radius 2 is 1.87 bits per heavy atom. The maximum Gasteiger partial charge on any atom is 0.263 e. The van der Waals surface area contributed by atoms with E-state index in [1.54, 1.807) is 24.4 Å². The molecule has 1 aliphatic heterocycles. The van der Waals surface area contributed by atoms with E-state index in [1.165, 1.54) is 6.07 Å². The summed E-state index contributed by atoms with van der Waals surface area (Å²) in [5.74, 6) is 0.787. The lowest BCUT2D eigenvalue weighted by atomic mass is 10.2. The molecule has 0 saturated carbocycles. The molecule has 1 amide bonds. The number of H-pyrrole nitrogens is 1. The third-order valence-corrected chi connectivity index (χ3v) is 6.42. The van der Waals surface area contributed by atoms with Crippen LogP contribution >= 0.6 is 0 Å². The van der Waals surface area contributed by atoms with E-state index in [9.17, 15) is 13.2 Å². The number of hydrogen-bond acceptors (Lipinski definition) is 5. The number of carbonyl (C=O) groups excluding carboxylic acids is 1. The molecule has 1 unspecified atom stereocenters. The molecule has 3 aromatic rings. The van der Waals surface area contributed by atoms with E-state index in [2.05, 4.69) is 25.0 Å². The minimum absolute atomic E-state index is 0.135. The summed E-state index contributed by atoms with van der Waals surface area (Å²) in [7, 11) is -3.58. The summed E-state index contributed by atoms with van der Waals surface area (Å²) in [5.41, 5.74) is 2.44. The van der Waals surface area contributed by atoms with Crippen LogP contribution in [0.3, 0.4) is 0 Å². The summed E-state index contributed by atoms with van der Waals surface area (Å²) >= 11 is 0. The van der Waals surface area contributed by atoms with E-state index in [-0.39, 0.29) is 35.6 Å². The normalized spacial score (nSPS) is 16.5. The van der Waals surface area contributed by atoms with Gasteiger partial charge in [-0.1, -0.05) is 49.4 Å². The Bertz CT molecular complexity index is 1220. The maximum absolute atomic E-state index is 12.4. The van der Waals surface area contributed by atoms with Crippen LogP contribution in [0, 0.1) is 0 Å². The van der Waals surface area contributed by atoms with Crippen molar-refractivity contribution in [2.45, 2.75) is 30.7 Å². The quantitative estimate of drug-likeness (QED) is 0.527. The van der Waals surface area contributed by atoms with Gasteiger partial charge in [0.15, 0.2) is 0 Å². The van der Waals surface area contributed by atoms with Crippen molar-refractivity contribution in [3.63, 3.8) is 0 Å². The SMILES string of the molecule is CCC(NC(=O)CCN=C1NS(=O)(=O)c2ccccc21)c1ncc(-c2ccccc2)[nH]1. The monoisotopic (exact) mass is 437 g/mol. The zero-order chi connectivity index (χ0) is 21.8. The van der Waals surface area contributed by atoms with E-state index in [0.717, 1.165) is 11.3 Å². The topological polar surface area (TPSA) is 116 Å². The number of sulfonamides is 1. The highest BCUT2D eigenvalue weighted by Gasteiger charge is 2.30. The first kappa shape index (κ1) is 20.8. The molecular formula is C22H23N5O3S. The number of rotatable bonds is 7. The van der Waals surface area contributed by atoms with Gasteiger partial charge in [-0.3, -0.25) is 14.5 Å². The first-order chi connectivity index (χ1) is 15.0. The van der Waals surface area contributed by atoms with Crippen LogP contribution in [0.25, 0.3) is 11.3 Å². The van der Waals surface area contributed by atoms with Crippen molar-refractivity contribution in [1.29, 1.82) is 0 Å². The Hall–Kier alpha value is -3.46. The number of aromatic amines is 1. The molecule has 9 heteroatoms. The van der Waals surface area contributed by atoms with Gasteiger partial charge >= 0.3 is 0 Å². The van der Waals surface area contributed by atoms with Crippen molar-refractivity contribution in [3.8, 4) is 11.3 Å². The molecule has 0 fully saturated rings. The number of fused-ring (bicyclic) bond motifs is 1. The minimum atomic E-state index is -3.58. The molecule has 0 bridgehead atoms. The predicted octanol–water partition coefficient (Wildman–Crippen LogP) is 2.77. The molecule has 160 valence electrons. The zero-order valence-electron chi connectivity index (χ0n) is 17.0. The fourth-order valence-corrected chi connectivity index (χ4v) is 4.68. The molecule has 0 aliphatic carbocycles. The summed E-state index contributed by atoms with van der Waals surface area (Å²) in [5, 5.41) is 2.97. The fourth-order valence-electron chi connectivity index (χ4n) is 3.43. The standard InChI is InChI=1S/C22H23N5O3S/c1-2-17(22-24-14-18(26-22)15-8-4-3-5-9-15)25-20(28)12-13-23-21-16-10-6-7-11-19(16)31(29,30)27-21/h3-11,14,17H,2,12-13H2,1H3,(H,23,27)(H,24,26)(H,25,28). The van der Waals surface area contributed by atoms with Gasteiger partial charge in [0.2, 0.25) is 5.91 Å². The van der Waals surface area contributed by atoms with E-state index < -0.39 is 10.0 Å². The second kappa shape index (κ2) is 8.73. The van der Waals surface area contributed by atoms with E-state index >= 15 is 0 Å². The van der Waals surface area contributed by atoms with E-state index in [4.69, 9.17) is 0 Å². The molecule has 1 aromatic heterocycles. The number of imidazole rings is 1. The Balaban J connectivity index is 1.38. The number of aromatic nitrogens is 2. The van der Waals surface area contributed by atoms with Crippen LogP contribution in [0.1, 0.15) is 37.2 Å². The van der Waals surface area contributed by atoms with Gasteiger partial charge in [0, 0.05) is 12.0 Å². The van der Waals surface area contributed by atoms with Gasteiger partial charge in [-0.2, -0.15) is 0 Å². The average molecular weight is 438 g/mol. The molecule has 0 radical (unpaired) electrons. The van der Waals surface area contributed by atoms with Gasteiger partial charge < -0.3 is 10.3 Å². The van der Waals surface area contributed by atoms with E-state index in [1.807, 2.05) is 37.3 Å². The first-order valence-electron chi connectivity index (χ1n) is 10.0. The number of aliphatic imine (C=N–C) groups is 1. The van der Waals surface area contributed by atoms with Crippen molar-refractivity contribution in [2.75, 3.05) is 6.54 Å². The minimum Gasteiger partial charge on any atom is -0.346 e. The molecule has 8 nitrogen and oxygen atoms in total. The van der Waals surface area contributed by atoms with Gasteiger partial charge in [-0.25, -0.2) is 13.4 Å². The average Bonchev–Trinajstić information content (AvgIpc) is 3.36. The highest BCUT2D eigenvalue weighted by Crippen LogP contribution is 2.22. The van der Waals surface area contributed by atoms with Gasteiger partial charge in [0.05, 0.1) is 29.4 Å². The van der Waals surface area contributed by atoms with Gasteiger partial charge in [-0.15, -0.1) is 0 Å².